The lowest BCUT2D eigenvalue weighted by Gasteiger charge is -2.30. The van der Waals surface area contributed by atoms with Crippen molar-refractivity contribution >= 4 is 17.5 Å². The lowest BCUT2D eigenvalue weighted by Crippen LogP contribution is -2.51. The Bertz CT molecular complexity index is 744. The van der Waals surface area contributed by atoms with E-state index in [0.717, 1.165) is 19.4 Å². The predicted molar refractivity (Wildman–Crippen MR) is 99.9 cm³/mol. The summed E-state index contributed by atoms with van der Waals surface area (Å²) < 4.78 is 1.85. The Balaban J connectivity index is 1.55. The number of nitrogens with zero attached hydrogens (tertiary/aromatic N) is 2. The molecule has 2 aromatic rings. The third kappa shape index (κ3) is 4.92. The van der Waals surface area contributed by atoms with Crippen LogP contribution in [0.15, 0.2) is 43.0 Å². The van der Waals surface area contributed by atoms with Crippen LogP contribution in [0.1, 0.15) is 36.5 Å². The van der Waals surface area contributed by atoms with Crippen LogP contribution in [0.4, 0.5) is 5.69 Å². The Labute approximate surface area is 153 Å². The highest BCUT2D eigenvalue weighted by Gasteiger charge is 2.22. The number of hydrogen-bond donors (Lipinski definition) is 3. The SMILES string of the molecule is CC1NCCCC1NC(=O)c1cccc(NC(=O)CCn2ccnc2)c1. The molecule has 2 atom stereocenters. The molecule has 1 saturated heterocycles. The molecule has 3 N–H and O–H groups in total. The molecule has 7 heteroatoms. The molecule has 26 heavy (non-hydrogen) atoms. The van der Waals surface area contributed by atoms with Crippen LogP contribution < -0.4 is 16.0 Å². The van der Waals surface area contributed by atoms with Gasteiger partial charge < -0.3 is 20.5 Å². The number of anilines is 1. The van der Waals surface area contributed by atoms with Crippen molar-refractivity contribution in [2.24, 2.45) is 0 Å². The predicted octanol–water partition coefficient (Wildman–Crippen LogP) is 1.78. The van der Waals surface area contributed by atoms with Gasteiger partial charge in [-0.15, -0.1) is 0 Å². The summed E-state index contributed by atoms with van der Waals surface area (Å²) in [5.41, 5.74) is 1.18. The maximum absolute atomic E-state index is 12.5. The zero-order chi connectivity index (χ0) is 18.4. The van der Waals surface area contributed by atoms with Gasteiger partial charge in [-0.05, 0) is 44.5 Å². The van der Waals surface area contributed by atoms with Crippen molar-refractivity contribution < 1.29 is 9.59 Å². The summed E-state index contributed by atoms with van der Waals surface area (Å²) >= 11 is 0. The van der Waals surface area contributed by atoms with E-state index < -0.39 is 0 Å². The van der Waals surface area contributed by atoms with Crippen LogP contribution in [0, 0.1) is 0 Å². The third-order valence-electron chi connectivity index (χ3n) is 4.64. The third-order valence-corrected chi connectivity index (χ3v) is 4.64. The number of hydrogen-bond acceptors (Lipinski definition) is 4. The van der Waals surface area contributed by atoms with Gasteiger partial charge in [0.1, 0.15) is 0 Å². The Morgan fingerprint density at radius 1 is 1.38 bits per heavy atom. The highest BCUT2D eigenvalue weighted by molar-refractivity contribution is 5.97. The van der Waals surface area contributed by atoms with E-state index in [1.165, 1.54) is 0 Å². The van der Waals surface area contributed by atoms with Crippen molar-refractivity contribution in [1.29, 1.82) is 0 Å². The maximum atomic E-state index is 12.5. The lowest BCUT2D eigenvalue weighted by molar-refractivity contribution is -0.116. The first-order valence-electron chi connectivity index (χ1n) is 9.02. The standard InChI is InChI=1S/C19H25N5O2/c1-14-17(6-3-8-21-14)23-19(26)15-4-2-5-16(12-15)22-18(25)7-10-24-11-9-20-13-24/h2,4-5,9,11-14,17,21H,3,6-8,10H2,1H3,(H,22,25)(H,23,26). The lowest BCUT2D eigenvalue weighted by atomic mass is 9.99. The van der Waals surface area contributed by atoms with Crippen molar-refractivity contribution in [2.45, 2.75) is 44.8 Å². The minimum Gasteiger partial charge on any atom is -0.348 e. The molecule has 1 aromatic carbocycles. The summed E-state index contributed by atoms with van der Waals surface area (Å²) in [5.74, 6) is -0.207. The molecule has 0 radical (unpaired) electrons. The smallest absolute Gasteiger partial charge is 0.251 e. The van der Waals surface area contributed by atoms with Crippen molar-refractivity contribution in [3.8, 4) is 0 Å². The Morgan fingerprint density at radius 2 is 2.27 bits per heavy atom. The molecule has 1 aliphatic rings. The number of carbonyl (C=O) groups is 2. The van der Waals surface area contributed by atoms with Gasteiger partial charge in [0.05, 0.1) is 6.33 Å². The maximum Gasteiger partial charge on any atom is 0.251 e. The second-order valence-corrected chi connectivity index (χ2v) is 6.64. The quantitative estimate of drug-likeness (QED) is 0.737. The molecule has 2 unspecified atom stereocenters. The second kappa shape index (κ2) is 8.62. The van der Waals surface area contributed by atoms with E-state index in [1.807, 2.05) is 10.8 Å². The Hall–Kier alpha value is -2.67. The molecule has 0 bridgehead atoms. The van der Waals surface area contributed by atoms with Crippen LogP contribution in [-0.4, -0.2) is 40.0 Å². The van der Waals surface area contributed by atoms with Crippen molar-refractivity contribution in [3.05, 3.63) is 48.5 Å². The average Bonchev–Trinajstić information content (AvgIpc) is 3.16. The average molecular weight is 355 g/mol. The largest absolute Gasteiger partial charge is 0.348 e. The summed E-state index contributed by atoms with van der Waals surface area (Å²) in [6, 6.07) is 7.44. The molecule has 2 heterocycles. The molecule has 1 aromatic heterocycles. The molecule has 2 amide bonds. The van der Waals surface area contributed by atoms with Gasteiger partial charge in [0.25, 0.3) is 5.91 Å². The summed E-state index contributed by atoms with van der Waals surface area (Å²) in [7, 11) is 0. The van der Waals surface area contributed by atoms with Crippen LogP contribution in [0.5, 0.6) is 0 Å². The molecular weight excluding hydrogens is 330 g/mol. The van der Waals surface area contributed by atoms with Crippen LogP contribution in [0.3, 0.4) is 0 Å². The van der Waals surface area contributed by atoms with Gasteiger partial charge in [-0.1, -0.05) is 6.07 Å². The van der Waals surface area contributed by atoms with Gasteiger partial charge in [0, 0.05) is 48.7 Å². The van der Waals surface area contributed by atoms with Crippen molar-refractivity contribution in [3.63, 3.8) is 0 Å². The first-order chi connectivity index (χ1) is 12.6. The highest BCUT2D eigenvalue weighted by atomic mass is 16.2. The number of benzene rings is 1. The molecule has 0 saturated carbocycles. The number of amides is 2. The van der Waals surface area contributed by atoms with E-state index in [2.05, 4.69) is 27.9 Å². The van der Waals surface area contributed by atoms with E-state index in [-0.39, 0.29) is 23.9 Å². The fourth-order valence-electron chi connectivity index (χ4n) is 3.10. The Kier molecular flexibility index (Phi) is 6.01. The Morgan fingerprint density at radius 3 is 3.04 bits per heavy atom. The molecule has 0 aliphatic carbocycles. The van der Waals surface area contributed by atoms with Crippen LogP contribution in [0.2, 0.25) is 0 Å². The minimum atomic E-state index is -0.111. The van der Waals surface area contributed by atoms with E-state index >= 15 is 0 Å². The molecule has 138 valence electrons. The summed E-state index contributed by atoms with van der Waals surface area (Å²) in [6.07, 6.45) is 7.56. The molecule has 7 nitrogen and oxygen atoms in total. The zero-order valence-electron chi connectivity index (χ0n) is 14.9. The minimum absolute atomic E-state index is 0.0960. The number of piperidine rings is 1. The summed E-state index contributed by atoms with van der Waals surface area (Å²) in [6.45, 7) is 3.65. The highest BCUT2D eigenvalue weighted by Crippen LogP contribution is 2.13. The number of carbonyl (C=O) groups excluding carboxylic acids is 2. The molecule has 1 aliphatic heterocycles. The van der Waals surface area contributed by atoms with Crippen LogP contribution in [0.25, 0.3) is 0 Å². The first kappa shape index (κ1) is 18.1. The van der Waals surface area contributed by atoms with E-state index in [4.69, 9.17) is 0 Å². The van der Waals surface area contributed by atoms with Crippen molar-refractivity contribution in [2.75, 3.05) is 11.9 Å². The molecular formula is C19H25N5O2. The first-order valence-corrected chi connectivity index (χ1v) is 9.02. The molecule has 3 rings (SSSR count). The monoisotopic (exact) mass is 355 g/mol. The molecule has 1 fully saturated rings. The number of aryl methyl sites for hydroxylation is 1. The topological polar surface area (TPSA) is 88.0 Å². The van der Waals surface area contributed by atoms with Gasteiger partial charge >= 0.3 is 0 Å². The van der Waals surface area contributed by atoms with Gasteiger partial charge in [-0.2, -0.15) is 0 Å². The number of imidazole rings is 1. The van der Waals surface area contributed by atoms with Gasteiger partial charge in [-0.25, -0.2) is 4.98 Å². The van der Waals surface area contributed by atoms with E-state index in [0.29, 0.717) is 24.2 Å². The van der Waals surface area contributed by atoms with Crippen LogP contribution in [-0.2, 0) is 11.3 Å². The number of aromatic nitrogens is 2. The number of rotatable bonds is 6. The fraction of sp³-hybridized carbons (Fsp3) is 0.421. The van der Waals surface area contributed by atoms with Crippen molar-refractivity contribution in [1.82, 2.24) is 20.2 Å². The van der Waals surface area contributed by atoms with Crippen LogP contribution >= 0.6 is 0 Å². The van der Waals surface area contributed by atoms with Gasteiger partial charge in [0.15, 0.2) is 0 Å². The normalized spacial score (nSPS) is 19.7. The summed E-state index contributed by atoms with van der Waals surface area (Å²) in [5, 5.41) is 9.31. The van der Waals surface area contributed by atoms with E-state index in [1.54, 1.807) is 36.8 Å². The van der Waals surface area contributed by atoms with Gasteiger partial charge in [0.2, 0.25) is 5.91 Å². The summed E-state index contributed by atoms with van der Waals surface area (Å²) in [4.78, 5) is 28.6. The fourth-order valence-corrected chi connectivity index (χ4v) is 3.10. The second-order valence-electron chi connectivity index (χ2n) is 6.64. The molecule has 0 spiro atoms. The number of nitrogens with one attached hydrogen (secondary N) is 3. The van der Waals surface area contributed by atoms with E-state index in [9.17, 15) is 9.59 Å². The van der Waals surface area contributed by atoms with Gasteiger partial charge in [-0.3, -0.25) is 9.59 Å². The zero-order valence-corrected chi connectivity index (χ0v) is 14.9.